The maximum Gasteiger partial charge on any atom is 0.330 e. The molecule has 25 heavy (non-hydrogen) atoms. The molecule has 2 aromatic carbocycles. The quantitative estimate of drug-likeness (QED) is 0.509. The van der Waals surface area contributed by atoms with Gasteiger partial charge in [-0.2, -0.15) is 0 Å². The van der Waals surface area contributed by atoms with Gasteiger partial charge in [0.1, 0.15) is 0 Å². The van der Waals surface area contributed by atoms with Gasteiger partial charge in [0.15, 0.2) is 0 Å². The summed E-state index contributed by atoms with van der Waals surface area (Å²) < 4.78 is 5.02. The van der Waals surface area contributed by atoms with Crippen LogP contribution in [0.4, 0.5) is 0 Å². The first kappa shape index (κ1) is 16.7. The first-order chi connectivity index (χ1) is 12.1. The zero-order valence-electron chi connectivity index (χ0n) is 13.8. The molecule has 2 aromatic rings. The van der Waals surface area contributed by atoms with Gasteiger partial charge in [0.05, 0.1) is 6.61 Å². The summed E-state index contributed by atoms with van der Waals surface area (Å²) in [5.41, 5.74) is 4.88. The van der Waals surface area contributed by atoms with Gasteiger partial charge in [-0.05, 0) is 53.6 Å². The lowest BCUT2D eigenvalue weighted by atomic mass is 9.59. The number of allylic oxidation sites excluding steroid dienone is 1. The fourth-order valence-electron chi connectivity index (χ4n) is 4.38. The summed E-state index contributed by atoms with van der Waals surface area (Å²) in [6.07, 6.45) is 4.45. The number of hydrogen-bond donors (Lipinski definition) is 0. The lowest BCUT2D eigenvalue weighted by Crippen LogP contribution is -2.32. The van der Waals surface area contributed by atoms with E-state index in [1.54, 1.807) is 6.08 Å². The van der Waals surface area contributed by atoms with Crippen molar-refractivity contribution in [3.63, 3.8) is 0 Å². The number of esters is 1. The molecule has 0 N–H and O–H groups in total. The Morgan fingerprint density at radius 1 is 1.12 bits per heavy atom. The van der Waals surface area contributed by atoms with Crippen LogP contribution in [-0.2, 0) is 9.53 Å². The molecular weight excluding hydrogens is 355 g/mol. The van der Waals surface area contributed by atoms with Gasteiger partial charge in [-0.25, -0.2) is 4.79 Å². The van der Waals surface area contributed by atoms with Crippen molar-refractivity contribution in [2.75, 3.05) is 6.61 Å². The van der Waals surface area contributed by atoms with Gasteiger partial charge in [0.2, 0.25) is 0 Å². The van der Waals surface area contributed by atoms with E-state index in [0.717, 1.165) is 16.5 Å². The Morgan fingerprint density at radius 2 is 1.72 bits per heavy atom. The van der Waals surface area contributed by atoms with Crippen molar-refractivity contribution in [3.8, 4) is 0 Å². The molecule has 128 valence electrons. The fraction of sp³-hybridized carbons (Fsp3) is 0.286. The Kier molecular flexibility index (Phi) is 4.35. The van der Waals surface area contributed by atoms with Crippen LogP contribution in [-0.4, -0.2) is 12.6 Å². The van der Waals surface area contributed by atoms with Gasteiger partial charge >= 0.3 is 5.97 Å². The number of fused-ring (bicyclic) bond motifs is 1. The zero-order chi connectivity index (χ0) is 17.6. The first-order valence-electron chi connectivity index (χ1n) is 8.53. The largest absolute Gasteiger partial charge is 0.463 e. The number of benzene rings is 2. The molecule has 0 saturated carbocycles. The summed E-state index contributed by atoms with van der Waals surface area (Å²) in [5, 5.41) is 1.59. The van der Waals surface area contributed by atoms with Crippen molar-refractivity contribution in [3.05, 3.63) is 80.8 Å². The highest BCUT2D eigenvalue weighted by Crippen LogP contribution is 2.58. The van der Waals surface area contributed by atoms with Gasteiger partial charge in [0.25, 0.3) is 0 Å². The van der Waals surface area contributed by atoms with E-state index in [-0.39, 0.29) is 23.7 Å². The number of carbonyl (C=O) groups excluding carboxylic acids is 1. The van der Waals surface area contributed by atoms with Gasteiger partial charge in [-0.1, -0.05) is 53.5 Å². The van der Waals surface area contributed by atoms with Crippen molar-refractivity contribution in [2.24, 2.45) is 5.92 Å². The molecule has 2 bridgehead atoms. The van der Waals surface area contributed by atoms with Crippen molar-refractivity contribution in [1.29, 1.82) is 0 Å². The summed E-state index contributed by atoms with van der Waals surface area (Å²) >= 11 is 13.1. The molecule has 0 saturated heterocycles. The van der Waals surface area contributed by atoms with Crippen molar-refractivity contribution in [1.82, 2.24) is 0 Å². The predicted molar refractivity (Wildman–Crippen MR) is 100 cm³/mol. The number of rotatable bonds is 3. The Bertz CT molecular complexity index is 819. The van der Waals surface area contributed by atoms with Gasteiger partial charge in [-0.3, -0.25) is 0 Å². The van der Waals surface area contributed by atoms with Crippen LogP contribution in [0.2, 0.25) is 10.0 Å². The van der Waals surface area contributed by atoms with E-state index in [1.165, 1.54) is 22.3 Å². The zero-order valence-corrected chi connectivity index (χ0v) is 15.3. The molecule has 5 rings (SSSR count). The van der Waals surface area contributed by atoms with Crippen molar-refractivity contribution in [2.45, 2.75) is 25.2 Å². The van der Waals surface area contributed by atoms with E-state index in [2.05, 4.69) is 12.1 Å². The molecule has 0 amide bonds. The average molecular weight is 373 g/mol. The van der Waals surface area contributed by atoms with Crippen LogP contribution in [0.1, 0.15) is 47.4 Å². The molecule has 1 unspecified atom stereocenters. The molecule has 3 aliphatic rings. The van der Waals surface area contributed by atoms with Crippen LogP contribution in [0.3, 0.4) is 0 Å². The Labute approximate surface area is 157 Å². The number of carbonyl (C=O) groups is 1. The van der Waals surface area contributed by atoms with Gasteiger partial charge < -0.3 is 4.74 Å². The first-order valence-corrected chi connectivity index (χ1v) is 9.29. The minimum atomic E-state index is -0.290. The molecule has 3 aliphatic carbocycles. The molecule has 0 heterocycles. The molecule has 0 fully saturated rings. The second kappa shape index (κ2) is 6.51. The summed E-state index contributed by atoms with van der Waals surface area (Å²) in [4.78, 5) is 11.7. The minimum absolute atomic E-state index is 0.161. The third-order valence-electron chi connectivity index (χ3n) is 5.24. The monoisotopic (exact) mass is 372 g/mol. The van der Waals surface area contributed by atoms with Gasteiger partial charge in [-0.15, -0.1) is 0 Å². The summed E-state index contributed by atoms with van der Waals surface area (Å²) in [6.45, 7) is 2.20. The van der Waals surface area contributed by atoms with Crippen LogP contribution in [0.5, 0.6) is 0 Å². The normalized spacial score (nSPS) is 23.4. The molecule has 0 radical (unpaired) electrons. The Balaban J connectivity index is 1.82. The third-order valence-corrected chi connectivity index (χ3v) is 5.90. The van der Waals surface area contributed by atoms with E-state index in [1.807, 2.05) is 37.3 Å². The third kappa shape index (κ3) is 2.68. The highest BCUT2D eigenvalue weighted by Gasteiger charge is 2.44. The maximum atomic E-state index is 11.7. The number of ether oxygens (including phenoxy) is 1. The fourth-order valence-corrected chi connectivity index (χ4v) is 5.01. The van der Waals surface area contributed by atoms with E-state index < -0.39 is 0 Å². The van der Waals surface area contributed by atoms with E-state index in [9.17, 15) is 4.79 Å². The van der Waals surface area contributed by atoms with E-state index >= 15 is 0 Å². The lowest BCUT2D eigenvalue weighted by molar-refractivity contribution is -0.137. The van der Waals surface area contributed by atoms with Crippen LogP contribution < -0.4 is 0 Å². The standard InChI is InChI=1S/C21H18Cl2O2/c1-2-25-18(24)10-9-12-11-15-20-13(5-3-7-16(20)22)19(12)14-6-4-8-17(23)21(14)15/h3-10,12,15,19H,2,11H2,1H3/b10-9+. The topological polar surface area (TPSA) is 26.3 Å². The smallest absolute Gasteiger partial charge is 0.330 e. The van der Waals surface area contributed by atoms with E-state index in [0.29, 0.717) is 6.61 Å². The van der Waals surface area contributed by atoms with Crippen molar-refractivity contribution >= 4 is 29.2 Å². The Morgan fingerprint density at radius 3 is 2.28 bits per heavy atom. The molecule has 1 atom stereocenters. The summed E-state index contributed by atoms with van der Waals surface area (Å²) in [6, 6.07) is 12.2. The number of halogens is 2. The van der Waals surface area contributed by atoms with Crippen molar-refractivity contribution < 1.29 is 9.53 Å². The Hall–Kier alpha value is -1.77. The van der Waals surface area contributed by atoms with Crippen LogP contribution in [0.25, 0.3) is 0 Å². The summed E-state index contributed by atoms with van der Waals surface area (Å²) in [7, 11) is 0. The highest BCUT2D eigenvalue weighted by molar-refractivity contribution is 6.32. The SMILES string of the molecule is CCOC(=O)/C=C/C1CC2c3c(Cl)cccc3C1c1cccc(Cl)c12. The lowest BCUT2D eigenvalue weighted by Gasteiger charge is -2.45. The molecule has 4 heteroatoms. The summed E-state index contributed by atoms with van der Waals surface area (Å²) in [5.74, 6) is 0.264. The molecule has 0 aliphatic heterocycles. The second-order valence-corrected chi connectivity index (χ2v) is 7.34. The molecule has 0 aromatic heterocycles. The highest BCUT2D eigenvalue weighted by atomic mass is 35.5. The molecule has 0 spiro atoms. The minimum Gasteiger partial charge on any atom is -0.463 e. The average Bonchev–Trinajstić information content (AvgIpc) is 2.60. The van der Waals surface area contributed by atoms with Crippen LogP contribution in [0.15, 0.2) is 48.6 Å². The maximum absolute atomic E-state index is 11.7. The van der Waals surface area contributed by atoms with E-state index in [4.69, 9.17) is 27.9 Å². The molecular formula is C21H18Cl2O2. The number of hydrogen-bond acceptors (Lipinski definition) is 2. The van der Waals surface area contributed by atoms with Crippen LogP contribution >= 0.6 is 23.2 Å². The van der Waals surface area contributed by atoms with Gasteiger partial charge in [0, 0.05) is 28.0 Å². The molecule has 2 nitrogen and oxygen atoms in total. The van der Waals surface area contributed by atoms with Crippen LogP contribution in [0, 0.1) is 5.92 Å². The predicted octanol–water partition coefficient (Wildman–Crippen LogP) is 5.71. The second-order valence-electron chi connectivity index (χ2n) is 6.53.